The van der Waals surface area contributed by atoms with Gasteiger partial charge in [0.05, 0.1) is 0 Å². The van der Waals surface area contributed by atoms with E-state index < -0.39 is 0 Å². The third kappa shape index (κ3) is 4.70. The van der Waals surface area contributed by atoms with Crippen LogP contribution in [0, 0.1) is 0 Å². The van der Waals surface area contributed by atoms with E-state index >= 15 is 0 Å². The fourth-order valence-electron chi connectivity index (χ4n) is 3.45. The third-order valence-corrected chi connectivity index (χ3v) is 4.89. The number of likely N-dealkylation sites (tertiary alicyclic amines) is 1. The summed E-state index contributed by atoms with van der Waals surface area (Å²) < 4.78 is 0. The Kier molecular flexibility index (Phi) is 5.62. The summed E-state index contributed by atoms with van der Waals surface area (Å²) in [6, 6.07) is 0.225. The molecule has 2 amide bonds. The maximum absolute atomic E-state index is 12.4. The summed E-state index contributed by atoms with van der Waals surface area (Å²) in [6.45, 7) is 3.34. The van der Waals surface area contributed by atoms with Crippen molar-refractivity contribution in [3.05, 3.63) is 0 Å². The third-order valence-electron chi connectivity index (χ3n) is 4.89. The van der Waals surface area contributed by atoms with Gasteiger partial charge in [-0.1, -0.05) is 26.2 Å². The highest BCUT2D eigenvalue weighted by Gasteiger charge is 2.33. The Bertz CT molecular complexity index is 370. The lowest BCUT2D eigenvalue weighted by Gasteiger charge is -2.37. The molecule has 0 aromatic heterocycles. The number of amides is 2. The average Bonchev–Trinajstić information content (AvgIpc) is 2.48. The Morgan fingerprint density at radius 2 is 1.81 bits per heavy atom. The summed E-state index contributed by atoms with van der Waals surface area (Å²) in [4.78, 5) is 25.7. The van der Waals surface area contributed by atoms with Crippen LogP contribution in [0.2, 0.25) is 0 Å². The van der Waals surface area contributed by atoms with Crippen LogP contribution in [0.5, 0.6) is 0 Å². The second-order valence-electron chi connectivity index (χ2n) is 6.68. The van der Waals surface area contributed by atoms with Crippen LogP contribution in [-0.4, -0.2) is 41.4 Å². The van der Waals surface area contributed by atoms with Gasteiger partial charge in [-0.15, -0.1) is 0 Å². The van der Waals surface area contributed by atoms with Gasteiger partial charge in [0.2, 0.25) is 11.8 Å². The average molecular weight is 295 g/mol. The molecule has 2 aliphatic rings. The van der Waals surface area contributed by atoms with Crippen molar-refractivity contribution in [2.24, 2.45) is 5.73 Å². The number of piperidine rings is 1. The quantitative estimate of drug-likeness (QED) is 0.826. The molecule has 0 unspecified atom stereocenters. The Balaban J connectivity index is 1.76. The number of nitrogens with zero attached hydrogens (tertiary/aromatic N) is 1. The highest BCUT2D eigenvalue weighted by Crippen LogP contribution is 2.29. The van der Waals surface area contributed by atoms with E-state index in [-0.39, 0.29) is 23.4 Å². The molecule has 5 heteroatoms. The molecule has 1 aliphatic heterocycles. The smallest absolute Gasteiger partial charge is 0.224 e. The molecule has 3 N–H and O–H groups in total. The molecule has 120 valence electrons. The standard InChI is InChI=1S/C16H29N3O2/c1-2-14(20)18-13-6-10-19(11-7-13)15(21)12-16(17)8-4-3-5-9-16/h13H,2-12,17H2,1H3,(H,18,20). The van der Waals surface area contributed by atoms with Crippen LogP contribution in [0.1, 0.15) is 64.7 Å². The van der Waals surface area contributed by atoms with E-state index in [0.717, 1.165) is 51.6 Å². The van der Waals surface area contributed by atoms with Crippen LogP contribution < -0.4 is 11.1 Å². The Hall–Kier alpha value is -1.10. The molecular formula is C16H29N3O2. The van der Waals surface area contributed by atoms with E-state index in [4.69, 9.17) is 5.73 Å². The summed E-state index contributed by atoms with van der Waals surface area (Å²) in [5, 5.41) is 3.02. The minimum Gasteiger partial charge on any atom is -0.353 e. The molecule has 1 heterocycles. The number of nitrogens with one attached hydrogen (secondary N) is 1. The fourth-order valence-corrected chi connectivity index (χ4v) is 3.45. The Morgan fingerprint density at radius 3 is 2.38 bits per heavy atom. The van der Waals surface area contributed by atoms with Crippen molar-refractivity contribution in [3.63, 3.8) is 0 Å². The number of nitrogens with two attached hydrogens (primary N) is 1. The molecular weight excluding hydrogens is 266 g/mol. The fraction of sp³-hybridized carbons (Fsp3) is 0.875. The molecule has 2 rings (SSSR count). The lowest BCUT2D eigenvalue weighted by molar-refractivity contribution is -0.134. The summed E-state index contributed by atoms with van der Waals surface area (Å²) in [5.74, 6) is 0.294. The van der Waals surface area contributed by atoms with Crippen molar-refractivity contribution < 1.29 is 9.59 Å². The molecule has 0 spiro atoms. The summed E-state index contributed by atoms with van der Waals surface area (Å²) in [7, 11) is 0. The van der Waals surface area contributed by atoms with Gasteiger partial charge >= 0.3 is 0 Å². The first kappa shape index (κ1) is 16.3. The Labute approximate surface area is 127 Å². The van der Waals surface area contributed by atoms with E-state index in [0.29, 0.717) is 12.8 Å². The maximum atomic E-state index is 12.4. The zero-order valence-corrected chi connectivity index (χ0v) is 13.2. The largest absolute Gasteiger partial charge is 0.353 e. The van der Waals surface area contributed by atoms with Crippen LogP contribution in [0.3, 0.4) is 0 Å². The number of carbonyl (C=O) groups excluding carboxylic acids is 2. The van der Waals surface area contributed by atoms with E-state index in [1.165, 1.54) is 6.42 Å². The molecule has 0 radical (unpaired) electrons. The Morgan fingerprint density at radius 1 is 1.19 bits per heavy atom. The molecule has 21 heavy (non-hydrogen) atoms. The molecule has 5 nitrogen and oxygen atoms in total. The van der Waals surface area contributed by atoms with E-state index in [1.54, 1.807) is 0 Å². The topological polar surface area (TPSA) is 75.4 Å². The maximum Gasteiger partial charge on any atom is 0.224 e. The molecule has 1 saturated heterocycles. The van der Waals surface area contributed by atoms with E-state index in [2.05, 4.69) is 5.32 Å². The van der Waals surface area contributed by atoms with Crippen molar-refractivity contribution in [2.75, 3.05) is 13.1 Å². The number of carbonyl (C=O) groups is 2. The number of rotatable bonds is 4. The first-order valence-corrected chi connectivity index (χ1v) is 8.38. The highest BCUT2D eigenvalue weighted by molar-refractivity contribution is 5.78. The van der Waals surface area contributed by atoms with Crippen LogP contribution in [-0.2, 0) is 9.59 Å². The molecule has 0 aromatic carbocycles. The first-order valence-electron chi connectivity index (χ1n) is 8.38. The van der Waals surface area contributed by atoms with Gasteiger partial charge in [0, 0.05) is 37.5 Å². The zero-order valence-electron chi connectivity index (χ0n) is 13.2. The van der Waals surface area contributed by atoms with Gasteiger partial charge in [-0.2, -0.15) is 0 Å². The predicted molar refractivity (Wildman–Crippen MR) is 82.7 cm³/mol. The van der Waals surface area contributed by atoms with E-state index in [1.807, 2.05) is 11.8 Å². The molecule has 2 fully saturated rings. The number of hydrogen-bond donors (Lipinski definition) is 2. The van der Waals surface area contributed by atoms with Crippen molar-refractivity contribution in [1.82, 2.24) is 10.2 Å². The normalized spacial score (nSPS) is 22.9. The second kappa shape index (κ2) is 7.25. The van der Waals surface area contributed by atoms with Gasteiger partial charge in [-0.25, -0.2) is 0 Å². The monoisotopic (exact) mass is 295 g/mol. The van der Waals surface area contributed by atoms with Crippen LogP contribution >= 0.6 is 0 Å². The van der Waals surface area contributed by atoms with Gasteiger partial charge in [0.1, 0.15) is 0 Å². The lowest BCUT2D eigenvalue weighted by atomic mass is 9.80. The van der Waals surface area contributed by atoms with Gasteiger partial charge < -0.3 is 16.0 Å². The molecule has 0 aromatic rings. The minimum atomic E-state index is -0.275. The van der Waals surface area contributed by atoms with Gasteiger partial charge in [0.25, 0.3) is 0 Å². The summed E-state index contributed by atoms with van der Waals surface area (Å²) in [6.07, 6.45) is 8.21. The molecule has 1 aliphatic carbocycles. The van der Waals surface area contributed by atoms with Gasteiger partial charge in [-0.3, -0.25) is 9.59 Å². The molecule has 1 saturated carbocycles. The summed E-state index contributed by atoms with van der Waals surface area (Å²) in [5.41, 5.74) is 6.10. The van der Waals surface area contributed by atoms with Crippen LogP contribution in [0.4, 0.5) is 0 Å². The molecule has 0 bridgehead atoms. The highest BCUT2D eigenvalue weighted by atomic mass is 16.2. The minimum absolute atomic E-state index is 0.0999. The first-order chi connectivity index (χ1) is 10.0. The van der Waals surface area contributed by atoms with Crippen molar-refractivity contribution >= 4 is 11.8 Å². The van der Waals surface area contributed by atoms with Crippen LogP contribution in [0.25, 0.3) is 0 Å². The van der Waals surface area contributed by atoms with Crippen molar-refractivity contribution in [2.45, 2.75) is 76.3 Å². The zero-order chi connectivity index (χ0) is 15.3. The van der Waals surface area contributed by atoms with Crippen molar-refractivity contribution in [3.8, 4) is 0 Å². The predicted octanol–water partition coefficient (Wildman–Crippen LogP) is 1.56. The van der Waals surface area contributed by atoms with Gasteiger partial charge in [0.15, 0.2) is 0 Å². The molecule has 0 atom stereocenters. The number of hydrogen-bond acceptors (Lipinski definition) is 3. The second-order valence-corrected chi connectivity index (χ2v) is 6.68. The summed E-state index contributed by atoms with van der Waals surface area (Å²) >= 11 is 0. The van der Waals surface area contributed by atoms with Gasteiger partial charge in [-0.05, 0) is 25.7 Å². The lowest BCUT2D eigenvalue weighted by Crippen LogP contribution is -2.50. The van der Waals surface area contributed by atoms with Crippen molar-refractivity contribution in [1.29, 1.82) is 0 Å². The van der Waals surface area contributed by atoms with E-state index in [9.17, 15) is 9.59 Å². The van der Waals surface area contributed by atoms with Crippen LogP contribution in [0.15, 0.2) is 0 Å². The SMILES string of the molecule is CCC(=O)NC1CCN(C(=O)CC2(N)CCCCC2)CC1.